The summed E-state index contributed by atoms with van der Waals surface area (Å²) in [5.74, 6) is 0. The zero-order valence-corrected chi connectivity index (χ0v) is 10.2. The summed E-state index contributed by atoms with van der Waals surface area (Å²) in [6.45, 7) is 0. The van der Waals surface area contributed by atoms with Crippen LogP contribution in [0.15, 0.2) is 0 Å². The van der Waals surface area contributed by atoms with Crippen LogP contribution in [0.4, 0.5) is 0 Å². The molecule has 0 aliphatic carbocycles. The topological polar surface area (TPSA) is 0 Å². The van der Waals surface area contributed by atoms with Crippen LogP contribution in [0.25, 0.3) is 0 Å². The third kappa shape index (κ3) is 59.1. The molecule has 0 saturated carbocycles. The van der Waals surface area contributed by atoms with E-state index in [4.69, 9.17) is 0 Å². The van der Waals surface area contributed by atoms with Crippen molar-refractivity contribution < 1.29 is 21.1 Å². The second-order valence-corrected chi connectivity index (χ2v) is 0. The summed E-state index contributed by atoms with van der Waals surface area (Å²) in [7, 11) is 0. The van der Waals surface area contributed by atoms with Crippen molar-refractivity contribution in [2.24, 2.45) is 0 Å². The molecule has 0 rings (SSSR count). The maximum absolute atomic E-state index is 0. The van der Waals surface area contributed by atoms with Gasteiger partial charge >= 0.3 is 21.1 Å². The molecule has 0 spiro atoms. The molecule has 0 N–H and O–H groups in total. The van der Waals surface area contributed by atoms with Gasteiger partial charge in [-0.3, -0.25) is 0 Å². The molecule has 0 fully saturated rings. The van der Waals surface area contributed by atoms with E-state index in [2.05, 4.69) is 0 Å². The Morgan fingerprint density at radius 2 is 0.286 bits per heavy atom. The van der Waals surface area contributed by atoms with Crippen LogP contribution < -0.4 is 0 Å². The van der Waals surface area contributed by atoms with Crippen LogP contribution in [0.3, 0.4) is 0 Å². The van der Waals surface area contributed by atoms with E-state index in [-0.39, 0.29) is 95.5 Å². The van der Waals surface area contributed by atoms with Crippen molar-refractivity contribution in [2.75, 3.05) is 0 Å². The quantitative estimate of drug-likeness (QED) is 0.567. The molecule has 0 aromatic rings. The van der Waals surface area contributed by atoms with Crippen LogP contribution in [0, 0.1) is 0 Å². The van der Waals surface area contributed by atoms with E-state index in [0.29, 0.717) is 0 Å². The fourth-order valence-corrected chi connectivity index (χ4v) is 0. The SMILES string of the molecule is Cl.Cl.Cl.Cl.Cl.Cl.[PtH2]. The van der Waals surface area contributed by atoms with Crippen LogP contribution in [-0.4, -0.2) is 0 Å². The fourth-order valence-electron chi connectivity index (χ4n) is 0. The van der Waals surface area contributed by atoms with Gasteiger partial charge in [0.25, 0.3) is 0 Å². The molecular formula is H8Cl6Pt. The summed E-state index contributed by atoms with van der Waals surface area (Å²) < 4.78 is 0. The number of rotatable bonds is 0. The summed E-state index contributed by atoms with van der Waals surface area (Å²) >= 11 is 0. The van der Waals surface area contributed by atoms with Crippen molar-refractivity contribution in [2.45, 2.75) is 0 Å². The molecule has 0 radical (unpaired) electrons. The Morgan fingerprint density at radius 1 is 0.286 bits per heavy atom. The second-order valence-electron chi connectivity index (χ2n) is 0. The van der Waals surface area contributed by atoms with Gasteiger partial charge in [0.1, 0.15) is 0 Å². The maximum atomic E-state index is 0. The van der Waals surface area contributed by atoms with E-state index < -0.39 is 0 Å². The third-order valence-electron chi connectivity index (χ3n) is 0. The number of hydrogen-bond donors (Lipinski definition) is 0. The van der Waals surface area contributed by atoms with Gasteiger partial charge in [-0.1, -0.05) is 0 Å². The summed E-state index contributed by atoms with van der Waals surface area (Å²) in [5, 5.41) is 0. The van der Waals surface area contributed by atoms with E-state index in [9.17, 15) is 0 Å². The van der Waals surface area contributed by atoms with Crippen LogP contribution in [0.2, 0.25) is 0 Å². The first-order valence-electron chi connectivity index (χ1n) is 0. The molecule has 0 atom stereocenters. The molecule has 60 valence electrons. The minimum absolute atomic E-state index is 0. The van der Waals surface area contributed by atoms with Gasteiger partial charge in [-0.15, -0.1) is 74.4 Å². The van der Waals surface area contributed by atoms with Crippen LogP contribution in [-0.2, 0) is 21.1 Å². The Morgan fingerprint density at radius 3 is 0.286 bits per heavy atom. The van der Waals surface area contributed by atoms with Crippen molar-refractivity contribution >= 4 is 74.4 Å². The summed E-state index contributed by atoms with van der Waals surface area (Å²) in [4.78, 5) is 0. The van der Waals surface area contributed by atoms with Gasteiger partial charge in [0, 0.05) is 0 Å². The van der Waals surface area contributed by atoms with Gasteiger partial charge in [-0.2, -0.15) is 0 Å². The van der Waals surface area contributed by atoms with Crippen molar-refractivity contribution in [3.05, 3.63) is 0 Å². The minimum atomic E-state index is 0. The van der Waals surface area contributed by atoms with E-state index in [1.165, 1.54) is 0 Å². The first kappa shape index (κ1) is 114. The summed E-state index contributed by atoms with van der Waals surface area (Å²) in [6, 6.07) is 0. The van der Waals surface area contributed by atoms with E-state index in [0.717, 1.165) is 0 Å². The van der Waals surface area contributed by atoms with Gasteiger partial charge in [-0.25, -0.2) is 0 Å². The standard InChI is InChI=1S/6ClH.Pt.2H/h6*1H;;;. The zero-order chi connectivity index (χ0) is 0. The molecule has 0 nitrogen and oxygen atoms in total. The molecule has 0 aromatic heterocycles. The van der Waals surface area contributed by atoms with Crippen molar-refractivity contribution in [1.82, 2.24) is 0 Å². The number of halogens is 6. The monoisotopic (exact) mass is 413 g/mol. The first-order valence-corrected chi connectivity index (χ1v) is 0. The first-order chi connectivity index (χ1) is 0. The Labute approximate surface area is 94.7 Å². The Bertz CT molecular complexity index is 4.14. The van der Waals surface area contributed by atoms with E-state index in [1.54, 1.807) is 0 Å². The molecule has 7 heteroatoms. The molecule has 7 heavy (non-hydrogen) atoms. The van der Waals surface area contributed by atoms with Crippen molar-refractivity contribution in [3.63, 3.8) is 0 Å². The predicted octanol–water partition coefficient (Wildman–Crippen LogP) is 1.99. The molecule has 0 saturated heterocycles. The normalized spacial score (nSPS) is 0. The van der Waals surface area contributed by atoms with Gasteiger partial charge in [0.15, 0.2) is 0 Å². The van der Waals surface area contributed by atoms with Crippen LogP contribution >= 0.6 is 74.4 Å². The van der Waals surface area contributed by atoms with Gasteiger partial charge < -0.3 is 0 Å². The van der Waals surface area contributed by atoms with E-state index in [1.807, 2.05) is 0 Å². The molecule has 0 unspecified atom stereocenters. The van der Waals surface area contributed by atoms with E-state index >= 15 is 0 Å². The van der Waals surface area contributed by atoms with Gasteiger partial charge in [-0.05, 0) is 0 Å². The van der Waals surface area contributed by atoms with Gasteiger partial charge in [0.05, 0.1) is 0 Å². The fraction of sp³-hybridized carbons (Fsp3) is 0. The summed E-state index contributed by atoms with van der Waals surface area (Å²) in [6.07, 6.45) is 0. The molecular weight excluding hydrogens is 408 g/mol. The molecule has 0 bridgehead atoms. The Balaban J connectivity index is 0. The van der Waals surface area contributed by atoms with Crippen molar-refractivity contribution in [1.29, 1.82) is 0 Å². The predicted molar refractivity (Wildman–Crippen MR) is 46.3 cm³/mol. The van der Waals surface area contributed by atoms with Crippen LogP contribution in [0.1, 0.15) is 0 Å². The zero-order valence-electron chi connectivity index (χ0n) is 2.80. The average Bonchev–Trinajstić information content (AvgIpc) is 0. The molecule has 0 aliphatic rings. The number of hydrogen-bond acceptors (Lipinski definition) is 0. The molecule has 0 aliphatic heterocycles. The van der Waals surface area contributed by atoms with Crippen LogP contribution in [0.5, 0.6) is 0 Å². The Kier molecular flexibility index (Phi) is 1280. The molecule has 0 aromatic carbocycles. The van der Waals surface area contributed by atoms with Gasteiger partial charge in [0.2, 0.25) is 0 Å². The molecule has 0 heterocycles. The average molecular weight is 416 g/mol. The third-order valence-corrected chi connectivity index (χ3v) is 0. The molecule has 0 amide bonds. The summed E-state index contributed by atoms with van der Waals surface area (Å²) in [5.41, 5.74) is 0. The Hall–Kier alpha value is 2.43. The van der Waals surface area contributed by atoms with Crippen molar-refractivity contribution in [3.8, 4) is 0 Å². The second kappa shape index (κ2) is 78.9.